The van der Waals surface area contributed by atoms with Crippen LogP contribution in [0.1, 0.15) is 29.0 Å². The van der Waals surface area contributed by atoms with Crippen molar-refractivity contribution in [1.82, 2.24) is 14.5 Å². The molecule has 0 unspecified atom stereocenters. The molecule has 0 aliphatic carbocycles. The van der Waals surface area contributed by atoms with E-state index in [1.54, 1.807) is 11.2 Å². The van der Waals surface area contributed by atoms with Gasteiger partial charge >= 0.3 is 0 Å². The molecule has 1 aliphatic rings. The molecule has 110 valence electrons. The number of amides is 1. The molecule has 21 heavy (non-hydrogen) atoms. The Morgan fingerprint density at radius 1 is 1.24 bits per heavy atom. The highest BCUT2D eigenvalue weighted by molar-refractivity contribution is 5.92. The Hall–Kier alpha value is -2.14. The first-order valence-corrected chi connectivity index (χ1v) is 7.21. The van der Waals surface area contributed by atoms with E-state index in [0.717, 1.165) is 0 Å². The molecule has 0 spiro atoms. The third-order valence-electron chi connectivity index (χ3n) is 3.85. The smallest absolute Gasteiger partial charge is 0.274 e. The zero-order valence-corrected chi connectivity index (χ0v) is 12.1. The van der Waals surface area contributed by atoms with Gasteiger partial charge in [0.2, 0.25) is 0 Å². The van der Waals surface area contributed by atoms with Crippen LogP contribution in [0.4, 0.5) is 0 Å². The molecule has 1 aromatic heterocycles. The van der Waals surface area contributed by atoms with Crippen LogP contribution in [0, 0.1) is 0 Å². The van der Waals surface area contributed by atoms with Crippen LogP contribution in [-0.2, 0) is 4.74 Å². The molecule has 5 heteroatoms. The summed E-state index contributed by atoms with van der Waals surface area (Å²) in [5.41, 5.74) is 1.69. The van der Waals surface area contributed by atoms with Crippen LogP contribution in [0.3, 0.4) is 0 Å². The number of nitrogens with zero attached hydrogens (tertiary/aromatic N) is 3. The van der Waals surface area contributed by atoms with Gasteiger partial charge in [-0.15, -0.1) is 0 Å². The van der Waals surface area contributed by atoms with Crippen molar-refractivity contribution in [3.63, 3.8) is 0 Å². The molecule has 1 atom stereocenters. The summed E-state index contributed by atoms with van der Waals surface area (Å²) in [4.78, 5) is 18.4. The largest absolute Gasteiger partial charge is 0.378 e. The lowest BCUT2D eigenvalue weighted by atomic mass is 10.1. The van der Waals surface area contributed by atoms with Gasteiger partial charge in [0.05, 0.1) is 25.6 Å². The lowest BCUT2D eigenvalue weighted by Crippen LogP contribution is -2.40. The number of hydrogen-bond donors (Lipinski definition) is 0. The summed E-state index contributed by atoms with van der Waals surface area (Å²) in [6.45, 7) is 4.58. The van der Waals surface area contributed by atoms with Crippen molar-refractivity contribution in [3.8, 4) is 0 Å². The summed E-state index contributed by atoms with van der Waals surface area (Å²) in [5.74, 6) is -0.0164. The van der Waals surface area contributed by atoms with Gasteiger partial charge in [-0.1, -0.05) is 30.3 Å². The van der Waals surface area contributed by atoms with Crippen LogP contribution in [-0.4, -0.2) is 46.7 Å². The number of carbonyl (C=O) groups excluding carboxylic acids is 1. The fraction of sp³-hybridized carbons (Fsp3) is 0.375. The van der Waals surface area contributed by atoms with Gasteiger partial charge in [0, 0.05) is 19.3 Å². The van der Waals surface area contributed by atoms with E-state index in [4.69, 9.17) is 4.74 Å². The first kappa shape index (κ1) is 13.8. The zero-order chi connectivity index (χ0) is 14.7. The van der Waals surface area contributed by atoms with Crippen LogP contribution >= 0.6 is 0 Å². The minimum absolute atomic E-state index is 0.0164. The van der Waals surface area contributed by atoms with E-state index in [9.17, 15) is 4.79 Å². The summed E-state index contributed by atoms with van der Waals surface area (Å²) >= 11 is 0. The van der Waals surface area contributed by atoms with E-state index in [2.05, 4.69) is 24.0 Å². The number of rotatable bonds is 3. The maximum absolute atomic E-state index is 12.4. The van der Waals surface area contributed by atoms with Gasteiger partial charge in [-0.05, 0) is 12.5 Å². The standard InChI is InChI=1S/C16H19N3O2/c1-13(14-5-3-2-4-6-14)19-11-15(17-12-19)16(20)18-7-9-21-10-8-18/h2-6,11-13H,7-10H2,1H3/t13-/m1/s1. The number of hydrogen-bond acceptors (Lipinski definition) is 3. The molecule has 2 aromatic rings. The summed E-state index contributed by atoms with van der Waals surface area (Å²) in [6.07, 6.45) is 3.56. The summed E-state index contributed by atoms with van der Waals surface area (Å²) in [6, 6.07) is 10.3. The van der Waals surface area contributed by atoms with E-state index in [1.807, 2.05) is 29.0 Å². The molecule has 0 N–H and O–H groups in total. The molecule has 1 saturated heterocycles. The van der Waals surface area contributed by atoms with E-state index in [-0.39, 0.29) is 11.9 Å². The number of carbonyl (C=O) groups is 1. The molecule has 1 aliphatic heterocycles. The molecule has 0 bridgehead atoms. The topological polar surface area (TPSA) is 47.4 Å². The Morgan fingerprint density at radius 3 is 2.67 bits per heavy atom. The minimum atomic E-state index is -0.0164. The molecular weight excluding hydrogens is 266 g/mol. The number of benzene rings is 1. The maximum atomic E-state index is 12.4. The number of ether oxygens (including phenoxy) is 1. The second-order valence-corrected chi connectivity index (χ2v) is 5.20. The second kappa shape index (κ2) is 6.10. The van der Waals surface area contributed by atoms with Crippen molar-refractivity contribution >= 4 is 5.91 Å². The molecule has 1 fully saturated rings. The number of imidazole rings is 1. The van der Waals surface area contributed by atoms with E-state index >= 15 is 0 Å². The summed E-state index contributed by atoms with van der Waals surface area (Å²) < 4.78 is 7.24. The minimum Gasteiger partial charge on any atom is -0.378 e. The van der Waals surface area contributed by atoms with Gasteiger partial charge in [-0.2, -0.15) is 0 Å². The quantitative estimate of drug-likeness (QED) is 0.866. The normalized spacial score (nSPS) is 16.7. The van der Waals surface area contributed by atoms with Crippen molar-refractivity contribution in [1.29, 1.82) is 0 Å². The van der Waals surface area contributed by atoms with E-state index in [0.29, 0.717) is 32.0 Å². The van der Waals surface area contributed by atoms with E-state index < -0.39 is 0 Å². The van der Waals surface area contributed by atoms with Gasteiger partial charge in [-0.25, -0.2) is 4.98 Å². The molecule has 5 nitrogen and oxygen atoms in total. The third-order valence-corrected chi connectivity index (χ3v) is 3.85. The highest BCUT2D eigenvalue weighted by Gasteiger charge is 2.21. The van der Waals surface area contributed by atoms with Crippen LogP contribution in [0.25, 0.3) is 0 Å². The molecule has 3 rings (SSSR count). The lowest BCUT2D eigenvalue weighted by molar-refractivity contribution is 0.0299. The highest BCUT2D eigenvalue weighted by Crippen LogP contribution is 2.18. The molecule has 0 radical (unpaired) electrons. The van der Waals surface area contributed by atoms with Crippen LogP contribution in [0.15, 0.2) is 42.9 Å². The first-order valence-electron chi connectivity index (χ1n) is 7.21. The van der Waals surface area contributed by atoms with Gasteiger partial charge in [0.15, 0.2) is 0 Å². The van der Waals surface area contributed by atoms with Crippen molar-refractivity contribution in [2.45, 2.75) is 13.0 Å². The van der Waals surface area contributed by atoms with Gasteiger partial charge in [0.1, 0.15) is 5.69 Å². The highest BCUT2D eigenvalue weighted by atomic mass is 16.5. The number of aromatic nitrogens is 2. The van der Waals surface area contributed by atoms with E-state index in [1.165, 1.54) is 5.56 Å². The Balaban J connectivity index is 1.75. The fourth-order valence-electron chi connectivity index (χ4n) is 2.49. The van der Waals surface area contributed by atoms with Crippen LogP contribution < -0.4 is 0 Å². The molecule has 1 amide bonds. The predicted molar refractivity (Wildman–Crippen MR) is 79.2 cm³/mol. The lowest BCUT2D eigenvalue weighted by Gasteiger charge is -2.26. The van der Waals surface area contributed by atoms with Gasteiger partial charge in [-0.3, -0.25) is 4.79 Å². The van der Waals surface area contributed by atoms with Gasteiger partial charge in [0.25, 0.3) is 5.91 Å². The summed E-state index contributed by atoms with van der Waals surface area (Å²) in [5, 5.41) is 0. The van der Waals surface area contributed by atoms with Crippen molar-refractivity contribution in [3.05, 3.63) is 54.1 Å². The predicted octanol–water partition coefficient (Wildman–Crippen LogP) is 1.96. The monoisotopic (exact) mass is 285 g/mol. The fourth-order valence-corrected chi connectivity index (χ4v) is 2.49. The number of morpholine rings is 1. The Morgan fingerprint density at radius 2 is 1.95 bits per heavy atom. The Kier molecular flexibility index (Phi) is 4.01. The average Bonchev–Trinajstić information content (AvgIpc) is 3.05. The van der Waals surface area contributed by atoms with Crippen molar-refractivity contribution < 1.29 is 9.53 Å². The average molecular weight is 285 g/mol. The zero-order valence-electron chi connectivity index (χ0n) is 12.1. The van der Waals surface area contributed by atoms with Crippen molar-refractivity contribution in [2.24, 2.45) is 0 Å². The Bertz CT molecular complexity index is 603. The second-order valence-electron chi connectivity index (χ2n) is 5.20. The van der Waals surface area contributed by atoms with Gasteiger partial charge < -0.3 is 14.2 Å². The summed E-state index contributed by atoms with van der Waals surface area (Å²) in [7, 11) is 0. The molecule has 0 saturated carbocycles. The molecule has 1 aromatic carbocycles. The molecular formula is C16H19N3O2. The van der Waals surface area contributed by atoms with Crippen molar-refractivity contribution in [2.75, 3.05) is 26.3 Å². The maximum Gasteiger partial charge on any atom is 0.274 e. The first-order chi connectivity index (χ1) is 10.3. The van der Waals surface area contributed by atoms with Crippen LogP contribution in [0.5, 0.6) is 0 Å². The van der Waals surface area contributed by atoms with Crippen LogP contribution in [0.2, 0.25) is 0 Å². The molecule has 2 heterocycles. The SMILES string of the molecule is C[C@H](c1ccccc1)n1cnc(C(=O)N2CCOCC2)c1. The Labute approximate surface area is 124 Å². The third kappa shape index (κ3) is 2.97.